The molecule has 0 saturated heterocycles. The molecule has 20 heavy (non-hydrogen) atoms. The first-order chi connectivity index (χ1) is 9.65. The molecular formula is C16H24ClNO2. The van der Waals surface area contributed by atoms with Gasteiger partial charge in [0.25, 0.3) is 0 Å². The van der Waals surface area contributed by atoms with Crippen LogP contribution in [0.1, 0.15) is 38.2 Å². The Balaban J connectivity index is 2.00. The van der Waals surface area contributed by atoms with E-state index in [0.29, 0.717) is 22.6 Å². The SMILES string of the molecule is COc1cc(CN[C@H](C)C2CCCC2)cc(Cl)c1OC. The average molecular weight is 298 g/mol. The Kier molecular flexibility index (Phi) is 5.55. The standard InChI is InChI=1S/C16H24ClNO2/c1-11(13-6-4-5-7-13)18-10-12-8-14(17)16(20-3)15(9-12)19-2/h8-9,11,13,18H,4-7,10H2,1-3H3/t11-/m1/s1. The summed E-state index contributed by atoms with van der Waals surface area (Å²) in [5.41, 5.74) is 1.12. The maximum Gasteiger partial charge on any atom is 0.179 e. The van der Waals surface area contributed by atoms with Crippen molar-refractivity contribution in [3.05, 3.63) is 22.7 Å². The minimum atomic E-state index is 0.546. The van der Waals surface area contributed by atoms with Crippen molar-refractivity contribution in [1.29, 1.82) is 0 Å². The summed E-state index contributed by atoms with van der Waals surface area (Å²) < 4.78 is 10.6. The molecule has 3 nitrogen and oxygen atoms in total. The van der Waals surface area contributed by atoms with Crippen molar-refractivity contribution in [2.75, 3.05) is 14.2 Å². The molecule has 4 heteroatoms. The summed E-state index contributed by atoms with van der Waals surface area (Å²) in [4.78, 5) is 0. The molecule has 112 valence electrons. The van der Waals surface area contributed by atoms with Crippen LogP contribution in [0.2, 0.25) is 5.02 Å². The van der Waals surface area contributed by atoms with Gasteiger partial charge in [0, 0.05) is 12.6 Å². The number of rotatable bonds is 6. The Morgan fingerprint density at radius 2 is 1.95 bits per heavy atom. The minimum absolute atomic E-state index is 0.546. The average Bonchev–Trinajstić information content (AvgIpc) is 2.98. The molecule has 1 fully saturated rings. The van der Waals surface area contributed by atoms with Crippen LogP contribution in [0.5, 0.6) is 11.5 Å². The molecule has 0 aliphatic heterocycles. The van der Waals surface area contributed by atoms with Crippen LogP contribution in [-0.2, 0) is 6.54 Å². The zero-order valence-corrected chi connectivity index (χ0v) is 13.3. The Hall–Kier alpha value is -0.930. The maximum atomic E-state index is 6.22. The van der Waals surface area contributed by atoms with E-state index in [-0.39, 0.29) is 0 Å². The summed E-state index contributed by atoms with van der Waals surface area (Å²) in [6, 6.07) is 4.47. The fourth-order valence-corrected chi connectivity index (χ4v) is 3.29. The quantitative estimate of drug-likeness (QED) is 0.860. The molecule has 0 amide bonds. The predicted octanol–water partition coefficient (Wildman–Crippen LogP) is 4.03. The Labute approximate surface area is 126 Å². The summed E-state index contributed by atoms with van der Waals surface area (Å²) >= 11 is 6.22. The second kappa shape index (κ2) is 7.19. The largest absolute Gasteiger partial charge is 0.493 e. The van der Waals surface area contributed by atoms with Crippen LogP contribution in [0.3, 0.4) is 0 Å². The predicted molar refractivity (Wildman–Crippen MR) is 82.8 cm³/mol. The summed E-state index contributed by atoms with van der Waals surface area (Å²) in [5, 5.41) is 4.20. The van der Waals surface area contributed by atoms with Crippen molar-refractivity contribution in [3.63, 3.8) is 0 Å². The Bertz CT molecular complexity index is 444. The highest BCUT2D eigenvalue weighted by Gasteiger charge is 2.21. The van der Waals surface area contributed by atoms with Crippen molar-refractivity contribution in [2.45, 2.75) is 45.2 Å². The lowest BCUT2D eigenvalue weighted by Crippen LogP contribution is -2.31. The topological polar surface area (TPSA) is 30.5 Å². The first-order valence-corrected chi connectivity index (χ1v) is 7.67. The summed E-state index contributed by atoms with van der Waals surface area (Å²) in [6.45, 7) is 3.08. The van der Waals surface area contributed by atoms with Gasteiger partial charge in [0.2, 0.25) is 0 Å². The van der Waals surface area contributed by atoms with Gasteiger partial charge in [-0.05, 0) is 43.4 Å². The highest BCUT2D eigenvalue weighted by Crippen LogP contribution is 2.36. The van der Waals surface area contributed by atoms with Gasteiger partial charge in [0.05, 0.1) is 19.2 Å². The molecule has 1 aromatic carbocycles. The van der Waals surface area contributed by atoms with Crippen LogP contribution < -0.4 is 14.8 Å². The van der Waals surface area contributed by atoms with Gasteiger partial charge in [-0.3, -0.25) is 0 Å². The summed E-state index contributed by atoms with van der Waals surface area (Å²) in [6.07, 6.45) is 5.44. The molecule has 0 aromatic heterocycles. The number of methoxy groups -OCH3 is 2. The molecule has 1 saturated carbocycles. The Morgan fingerprint density at radius 1 is 1.25 bits per heavy atom. The molecule has 1 aromatic rings. The molecule has 0 unspecified atom stereocenters. The fourth-order valence-electron chi connectivity index (χ4n) is 2.98. The highest BCUT2D eigenvalue weighted by atomic mass is 35.5. The van der Waals surface area contributed by atoms with Crippen LogP contribution in [0.4, 0.5) is 0 Å². The van der Waals surface area contributed by atoms with E-state index in [9.17, 15) is 0 Å². The van der Waals surface area contributed by atoms with Crippen LogP contribution in [0, 0.1) is 5.92 Å². The lowest BCUT2D eigenvalue weighted by atomic mass is 9.99. The van der Waals surface area contributed by atoms with E-state index in [0.717, 1.165) is 18.0 Å². The van der Waals surface area contributed by atoms with Gasteiger partial charge in [-0.15, -0.1) is 0 Å². The smallest absolute Gasteiger partial charge is 0.179 e. The molecule has 1 aliphatic carbocycles. The minimum Gasteiger partial charge on any atom is -0.493 e. The third-order valence-corrected chi connectivity index (χ3v) is 4.51. The molecule has 1 atom stereocenters. The number of hydrogen-bond donors (Lipinski definition) is 1. The van der Waals surface area contributed by atoms with Crippen LogP contribution in [0.25, 0.3) is 0 Å². The fraction of sp³-hybridized carbons (Fsp3) is 0.625. The van der Waals surface area contributed by atoms with Gasteiger partial charge in [0.1, 0.15) is 0 Å². The number of halogens is 1. The van der Waals surface area contributed by atoms with Gasteiger partial charge >= 0.3 is 0 Å². The van der Waals surface area contributed by atoms with Crippen LogP contribution in [-0.4, -0.2) is 20.3 Å². The monoisotopic (exact) mass is 297 g/mol. The molecule has 0 bridgehead atoms. The van der Waals surface area contributed by atoms with Gasteiger partial charge in [0.15, 0.2) is 11.5 Å². The van der Waals surface area contributed by atoms with E-state index in [2.05, 4.69) is 12.2 Å². The van der Waals surface area contributed by atoms with Gasteiger partial charge in [-0.25, -0.2) is 0 Å². The second-order valence-electron chi connectivity index (χ2n) is 5.53. The van der Waals surface area contributed by atoms with Gasteiger partial charge in [-0.2, -0.15) is 0 Å². The zero-order valence-electron chi connectivity index (χ0n) is 12.5. The summed E-state index contributed by atoms with van der Waals surface area (Å²) in [5.74, 6) is 2.10. The van der Waals surface area contributed by atoms with E-state index < -0.39 is 0 Å². The van der Waals surface area contributed by atoms with E-state index in [1.165, 1.54) is 25.7 Å². The lowest BCUT2D eigenvalue weighted by Gasteiger charge is -2.21. The van der Waals surface area contributed by atoms with Crippen molar-refractivity contribution in [2.24, 2.45) is 5.92 Å². The number of ether oxygens (including phenoxy) is 2. The van der Waals surface area contributed by atoms with E-state index in [1.54, 1.807) is 14.2 Å². The van der Waals surface area contributed by atoms with Crippen molar-refractivity contribution >= 4 is 11.6 Å². The van der Waals surface area contributed by atoms with Crippen molar-refractivity contribution in [1.82, 2.24) is 5.32 Å². The van der Waals surface area contributed by atoms with Gasteiger partial charge in [-0.1, -0.05) is 24.4 Å². The van der Waals surface area contributed by atoms with Crippen molar-refractivity contribution < 1.29 is 9.47 Å². The normalized spacial score (nSPS) is 17.2. The van der Waals surface area contributed by atoms with Gasteiger partial charge < -0.3 is 14.8 Å². The first-order valence-electron chi connectivity index (χ1n) is 7.29. The van der Waals surface area contributed by atoms with Crippen LogP contribution >= 0.6 is 11.6 Å². The second-order valence-corrected chi connectivity index (χ2v) is 5.93. The molecule has 2 rings (SSSR count). The molecule has 0 radical (unpaired) electrons. The number of benzene rings is 1. The van der Waals surface area contributed by atoms with E-state index in [1.807, 2.05) is 12.1 Å². The van der Waals surface area contributed by atoms with E-state index >= 15 is 0 Å². The van der Waals surface area contributed by atoms with E-state index in [4.69, 9.17) is 21.1 Å². The van der Waals surface area contributed by atoms with Crippen LogP contribution in [0.15, 0.2) is 12.1 Å². The molecule has 0 spiro atoms. The molecule has 1 N–H and O–H groups in total. The molecular weight excluding hydrogens is 274 g/mol. The number of nitrogens with one attached hydrogen (secondary N) is 1. The third-order valence-electron chi connectivity index (χ3n) is 4.23. The summed E-state index contributed by atoms with van der Waals surface area (Å²) in [7, 11) is 3.23. The third kappa shape index (κ3) is 3.58. The zero-order chi connectivity index (χ0) is 14.5. The molecule has 0 heterocycles. The Morgan fingerprint density at radius 3 is 2.55 bits per heavy atom. The number of hydrogen-bond acceptors (Lipinski definition) is 3. The first kappa shape index (κ1) is 15.5. The lowest BCUT2D eigenvalue weighted by molar-refractivity contribution is 0.353. The van der Waals surface area contributed by atoms with Crippen molar-refractivity contribution in [3.8, 4) is 11.5 Å². The maximum absolute atomic E-state index is 6.22. The highest BCUT2D eigenvalue weighted by molar-refractivity contribution is 6.32. The molecule has 1 aliphatic rings.